The molecule has 3 N–H and O–H groups in total. The van der Waals surface area contributed by atoms with Crippen molar-refractivity contribution in [3.8, 4) is 0 Å². The van der Waals surface area contributed by atoms with Gasteiger partial charge in [0.25, 0.3) is 5.91 Å². The van der Waals surface area contributed by atoms with Crippen LogP contribution in [0.1, 0.15) is 33.8 Å². The number of fused-ring (bicyclic) bond motifs is 1. The minimum absolute atomic E-state index is 0.0394. The molecule has 0 atom stereocenters. The van der Waals surface area contributed by atoms with Crippen LogP contribution in [0.15, 0.2) is 24.3 Å². The van der Waals surface area contributed by atoms with Crippen molar-refractivity contribution in [1.82, 2.24) is 9.55 Å². The van der Waals surface area contributed by atoms with Crippen LogP contribution in [0.25, 0.3) is 11.0 Å². The second-order valence-electron chi connectivity index (χ2n) is 8.35. The van der Waals surface area contributed by atoms with Gasteiger partial charge in [0.05, 0.1) is 39.8 Å². The first-order valence-electron chi connectivity index (χ1n) is 10.5. The third-order valence-electron chi connectivity index (χ3n) is 5.45. The molecule has 1 amide bonds. The third-order valence-corrected chi connectivity index (χ3v) is 7.36. The molecule has 35 heavy (non-hydrogen) atoms. The van der Waals surface area contributed by atoms with Gasteiger partial charge in [-0.25, -0.2) is 22.6 Å². The lowest BCUT2D eigenvalue weighted by Crippen LogP contribution is -2.21. The summed E-state index contributed by atoms with van der Waals surface area (Å²) in [6.45, 7) is -0.0125. The van der Waals surface area contributed by atoms with E-state index < -0.39 is 27.5 Å². The van der Waals surface area contributed by atoms with Crippen LogP contribution in [0.3, 0.4) is 0 Å². The smallest absolute Gasteiger partial charge is 0.340 e. The van der Waals surface area contributed by atoms with Gasteiger partial charge in [0.2, 0.25) is 0 Å². The normalized spacial score (nSPS) is 13.7. The number of ether oxygens (including phenoxy) is 1. The molecule has 0 aliphatic heterocycles. The summed E-state index contributed by atoms with van der Waals surface area (Å²) in [5.41, 5.74) is 5.17. The van der Waals surface area contributed by atoms with Crippen molar-refractivity contribution >= 4 is 78.3 Å². The van der Waals surface area contributed by atoms with Crippen LogP contribution in [0.4, 0.5) is 15.8 Å². The molecule has 0 unspecified atom stereocenters. The number of amides is 1. The molecular formula is C22H21ClFIN4O5S. The number of primary amides is 1. The average Bonchev–Trinajstić information content (AvgIpc) is 3.52. The molecule has 186 valence electrons. The quantitative estimate of drug-likeness (QED) is 0.270. The molecule has 1 heterocycles. The van der Waals surface area contributed by atoms with Crippen LogP contribution in [-0.4, -0.2) is 48.5 Å². The Hall–Kier alpha value is -2.45. The van der Waals surface area contributed by atoms with Crippen LogP contribution < -0.4 is 11.1 Å². The van der Waals surface area contributed by atoms with E-state index in [1.807, 2.05) is 0 Å². The summed E-state index contributed by atoms with van der Waals surface area (Å²) >= 11 is 8.38. The topological polar surface area (TPSA) is 133 Å². The summed E-state index contributed by atoms with van der Waals surface area (Å²) in [5, 5.41) is 3.15. The lowest BCUT2D eigenvalue weighted by Gasteiger charge is -2.15. The van der Waals surface area contributed by atoms with Crippen molar-refractivity contribution in [2.75, 3.05) is 23.9 Å². The minimum atomic E-state index is -3.43. The number of carbonyl (C=O) groups is 2. The number of aryl methyl sites for hydroxylation is 1. The highest BCUT2D eigenvalue weighted by atomic mass is 127. The molecular weight excluding hydrogens is 614 g/mol. The van der Waals surface area contributed by atoms with Crippen LogP contribution in [0.2, 0.25) is 5.02 Å². The Labute approximate surface area is 219 Å². The maximum atomic E-state index is 15.9. The summed E-state index contributed by atoms with van der Waals surface area (Å²) in [7, 11) is -3.43. The Morgan fingerprint density at radius 2 is 2.06 bits per heavy atom. The van der Waals surface area contributed by atoms with Gasteiger partial charge in [-0.3, -0.25) is 4.79 Å². The second-order valence-corrected chi connectivity index (χ2v) is 12.3. The van der Waals surface area contributed by atoms with Gasteiger partial charge in [-0.15, -0.1) is 0 Å². The highest BCUT2D eigenvalue weighted by Gasteiger charge is 2.28. The van der Waals surface area contributed by atoms with Gasteiger partial charge in [0.1, 0.15) is 15.4 Å². The average molecular weight is 635 g/mol. The van der Waals surface area contributed by atoms with Crippen molar-refractivity contribution in [1.29, 1.82) is 0 Å². The predicted octanol–water partition coefficient (Wildman–Crippen LogP) is 3.89. The highest BCUT2D eigenvalue weighted by molar-refractivity contribution is 14.1. The number of hydrogen-bond donors (Lipinski definition) is 2. The number of nitrogens with one attached hydrogen (secondary N) is 1. The summed E-state index contributed by atoms with van der Waals surface area (Å²) in [4.78, 5) is 29.1. The predicted molar refractivity (Wildman–Crippen MR) is 138 cm³/mol. The summed E-state index contributed by atoms with van der Waals surface area (Å²) in [6, 6.07) is 6.36. The number of esters is 1. The summed E-state index contributed by atoms with van der Waals surface area (Å²) in [5.74, 6) is -3.09. The SMILES string of the molecule is CS(=O)(=O)CCn1c(C(N)=O)nc2c(F)c(Nc3ccc(I)cc3Cl)c(C(=O)OCC3CC3)cc21. The number of nitrogens with zero attached hydrogens (tertiary/aromatic N) is 2. The maximum absolute atomic E-state index is 15.9. The van der Waals surface area contributed by atoms with E-state index in [0.717, 1.165) is 22.7 Å². The first-order chi connectivity index (χ1) is 16.4. The molecule has 0 bridgehead atoms. The van der Waals surface area contributed by atoms with Crippen molar-refractivity contribution in [3.05, 3.63) is 50.1 Å². The number of nitrogens with two attached hydrogens (primary N) is 1. The number of halogens is 3. The molecule has 13 heteroatoms. The van der Waals surface area contributed by atoms with E-state index in [-0.39, 0.29) is 52.9 Å². The second kappa shape index (κ2) is 9.90. The molecule has 1 aromatic heterocycles. The molecule has 0 saturated heterocycles. The first kappa shape index (κ1) is 25.6. The molecule has 1 aliphatic carbocycles. The van der Waals surface area contributed by atoms with Gasteiger partial charge >= 0.3 is 5.97 Å². The lowest BCUT2D eigenvalue weighted by atomic mass is 10.1. The number of imidazole rings is 1. The largest absolute Gasteiger partial charge is 0.462 e. The van der Waals surface area contributed by atoms with Crippen molar-refractivity contribution in [2.24, 2.45) is 11.7 Å². The first-order valence-corrected chi connectivity index (χ1v) is 14.1. The summed E-state index contributed by atoms with van der Waals surface area (Å²) < 4.78 is 46.8. The fraction of sp³-hybridized carbons (Fsp3) is 0.318. The molecule has 3 aromatic rings. The van der Waals surface area contributed by atoms with Gasteiger partial charge in [0.15, 0.2) is 11.6 Å². The number of benzene rings is 2. The fourth-order valence-corrected chi connectivity index (χ4v) is 4.87. The van der Waals surface area contributed by atoms with E-state index >= 15 is 4.39 Å². The standard InChI is InChI=1S/C22H21ClFIN4O5S/c1-35(32,33)7-6-29-16-9-13(22(31)34-10-11-2-3-11)18(17(24)19(16)28-21(29)20(26)30)27-15-5-4-12(25)8-14(15)23/h4-5,8-9,11,27H,2-3,6-7,10H2,1H3,(H2,26,30). The van der Waals surface area contributed by atoms with Gasteiger partial charge in [-0.1, -0.05) is 11.6 Å². The van der Waals surface area contributed by atoms with Gasteiger partial charge in [-0.05, 0) is 65.6 Å². The van der Waals surface area contributed by atoms with Gasteiger partial charge in [0, 0.05) is 16.4 Å². The number of aromatic nitrogens is 2. The fourth-order valence-electron chi connectivity index (χ4n) is 3.45. The van der Waals surface area contributed by atoms with Gasteiger partial charge in [-0.2, -0.15) is 0 Å². The van der Waals surface area contributed by atoms with Crippen molar-refractivity contribution in [2.45, 2.75) is 19.4 Å². The van der Waals surface area contributed by atoms with Crippen LogP contribution in [0, 0.1) is 15.3 Å². The van der Waals surface area contributed by atoms with Crippen molar-refractivity contribution < 1.29 is 27.1 Å². The molecule has 2 aromatic carbocycles. The zero-order valence-electron chi connectivity index (χ0n) is 18.5. The number of hydrogen-bond acceptors (Lipinski definition) is 7. The lowest BCUT2D eigenvalue weighted by molar-refractivity contribution is 0.0487. The third kappa shape index (κ3) is 5.86. The molecule has 4 rings (SSSR count). The molecule has 1 saturated carbocycles. The van der Waals surface area contributed by atoms with Crippen LogP contribution in [-0.2, 0) is 21.1 Å². The number of carbonyl (C=O) groups excluding carboxylic acids is 2. The maximum Gasteiger partial charge on any atom is 0.340 e. The number of sulfone groups is 1. The highest BCUT2D eigenvalue weighted by Crippen LogP contribution is 2.35. The monoisotopic (exact) mass is 634 g/mol. The molecule has 0 radical (unpaired) electrons. The van der Waals surface area contributed by atoms with E-state index in [0.29, 0.717) is 10.7 Å². The Morgan fingerprint density at radius 3 is 2.66 bits per heavy atom. The molecule has 0 spiro atoms. The molecule has 1 fully saturated rings. The van der Waals surface area contributed by atoms with Crippen molar-refractivity contribution in [3.63, 3.8) is 0 Å². The molecule has 9 nitrogen and oxygen atoms in total. The summed E-state index contributed by atoms with van der Waals surface area (Å²) in [6.07, 6.45) is 2.93. The number of rotatable bonds is 9. The van der Waals surface area contributed by atoms with E-state index in [9.17, 15) is 18.0 Å². The van der Waals surface area contributed by atoms with E-state index in [4.69, 9.17) is 22.1 Å². The Morgan fingerprint density at radius 1 is 1.34 bits per heavy atom. The Balaban J connectivity index is 1.88. The zero-order chi connectivity index (χ0) is 25.5. The molecule has 1 aliphatic rings. The van der Waals surface area contributed by atoms with Gasteiger partial charge < -0.3 is 20.4 Å². The number of anilines is 2. The Kier molecular flexibility index (Phi) is 7.25. The van der Waals surface area contributed by atoms with E-state index in [1.54, 1.807) is 18.2 Å². The zero-order valence-corrected chi connectivity index (χ0v) is 22.2. The Bertz CT molecular complexity index is 1460. The van der Waals surface area contributed by atoms with E-state index in [2.05, 4.69) is 32.9 Å². The van der Waals surface area contributed by atoms with E-state index in [1.165, 1.54) is 10.6 Å². The minimum Gasteiger partial charge on any atom is -0.462 e. The van der Waals surface area contributed by atoms with Crippen LogP contribution in [0.5, 0.6) is 0 Å². The van der Waals surface area contributed by atoms with Crippen LogP contribution >= 0.6 is 34.2 Å².